The van der Waals surface area contributed by atoms with Crippen LogP contribution in [0.4, 0.5) is 0 Å². The van der Waals surface area contributed by atoms with Gasteiger partial charge in [0.25, 0.3) is 0 Å². The molecule has 0 spiro atoms. The van der Waals surface area contributed by atoms with Crippen LogP contribution in [0.25, 0.3) is 0 Å². The van der Waals surface area contributed by atoms with E-state index < -0.39 is 0 Å². The summed E-state index contributed by atoms with van der Waals surface area (Å²) in [6.45, 7) is 9.88. The highest BCUT2D eigenvalue weighted by molar-refractivity contribution is 5.27. The third-order valence-corrected chi connectivity index (χ3v) is 4.28. The van der Waals surface area contributed by atoms with Crippen molar-refractivity contribution < 1.29 is 4.74 Å². The van der Waals surface area contributed by atoms with Gasteiger partial charge in [-0.3, -0.25) is 0 Å². The average molecular weight is 290 g/mol. The lowest BCUT2D eigenvalue weighted by Crippen LogP contribution is -2.29. The molecule has 1 aromatic heterocycles. The molecule has 1 N–H and O–H groups in total. The van der Waals surface area contributed by atoms with Crippen molar-refractivity contribution in [3.63, 3.8) is 0 Å². The van der Waals surface area contributed by atoms with Gasteiger partial charge in [0.2, 0.25) is 5.88 Å². The van der Waals surface area contributed by atoms with Crippen molar-refractivity contribution in [2.24, 2.45) is 11.8 Å². The highest BCUT2D eigenvalue weighted by Gasteiger charge is 2.25. The van der Waals surface area contributed by atoms with Crippen molar-refractivity contribution in [3.05, 3.63) is 23.4 Å². The maximum atomic E-state index is 6.24. The lowest BCUT2D eigenvalue weighted by Gasteiger charge is -2.31. The van der Waals surface area contributed by atoms with Gasteiger partial charge in [-0.05, 0) is 55.7 Å². The van der Waals surface area contributed by atoms with Gasteiger partial charge in [0.05, 0.1) is 0 Å². The van der Waals surface area contributed by atoms with Crippen LogP contribution in [0, 0.1) is 11.8 Å². The maximum Gasteiger partial charge on any atom is 0.214 e. The molecular weight excluding hydrogens is 260 g/mol. The van der Waals surface area contributed by atoms with Crippen LogP contribution in [0.2, 0.25) is 0 Å². The smallest absolute Gasteiger partial charge is 0.214 e. The van der Waals surface area contributed by atoms with Gasteiger partial charge in [-0.15, -0.1) is 0 Å². The molecule has 0 radical (unpaired) electrons. The van der Waals surface area contributed by atoms with Crippen LogP contribution >= 0.6 is 0 Å². The number of hydrogen-bond donors (Lipinski definition) is 1. The molecule has 0 bridgehead atoms. The van der Waals surface area contributed by atoms with Gasteiger partial charge in [-0.25, -0.2) is 4.98 Å². The molecular formula is C18H30N2O. The maximum absolute atomic E-state index is 6.24. The fraction of sp³-hybridized carbons (Fsp3) is 0.722. The van der Waals surface area contributed by atoms with Gasteiger partial charge in [-0.1, -0.05) is 27.7 Å². The van der Waals surface area contributed by atoms with Crippen molar-refractivity contribution in [2.45, 2.75) is 65.5 Å². The van der Waals surface area contributed by atoms with E-state index in [9.17, 15) is 0 Å². The Bertz CT molecular complexity index is 449. The molecule has 2 unspecified atom stereocenters. The zero-order valence-electron chi connectivity index (χ0n) is 14.1. The Labute approximate surface area is 129 Å². The molecule has 2 rings (SSSR count). The number of nitrogens with one attached hydrogen (secondary N) is 1. The van der Waals surface area contributed by atoms with Gasteiger partial charge in [-0.2, -0.15) is 0 Å². The second kappa shape index (κ2) is 7.26. The lowest BCUT2D eigenvalue weighted by atomic mass is 9.82. The fourth-order valence-electron chi connectivity index (χ4n) is 3.38. The Balaban J connectivity index is 2.14. The molecule has 1 fully saturated rings. The molecule has 118 valence electrons. The summed E-state index contributed by atoms with van der Waals surface area (Å²) in [7, 11) is 1.97. The third-order valence-electron chi connectivity index (χ3n) is 4.28. The molecule has 1 aliphatic carbocycles. The number of rotatable bonds is 5. The van der Waals surface area contributed by atoms with E-state index in [1.165, 1.54) is 12.0 Å². The second-order valence-corrected chi connectivity index (χ2v) is 7.08. The lowest BCUT2D eigenvalue weighted by molar-refractivity contribution is 0.0963. The first-order valence-electron chi connectivity index (χ1n) is 8.30. The zero-order chi connectivity index (χ0) is 15.4. The average Bonchev–Trinajstić information content (AvgIpc) is 2.37. The van der Waals surface area contributed by atoms with Crippen LogP contribution in [0.15, 0.2) is 12.1 Å². The highest BCUT2D eigenvalue weighted by Crippen LogP contribution is 2.31. The van der Waals surface area contributed by atoms with Crippen LogP contribution in [-0.4, -0.2) is 18.1 Å². The summed E-state index contributed by atoms with van der Waals surface area (Å²) in [6.07, 6.45) is 3.95. The molecule has 1 heterocycles. The van der Waals surface area contributed by atoms with Crippen molar-refractivity contribution >= 4 is 0 Å². The third kappa shape index (κ3) is 4.70. The first-order valence-corrected chi connectivity index (χ1v) is 8.30. The summed E-state index contributed by atoms with van der Waals surface area (Å²) >= 11 is 0. The Hall–Kier alpha value is -1.09. The van der Waals surface area contributed by atoms with Gasteiger partial charge < -0.3 is 10.1 Å². The summed E-state index contributed by atoms with van der Waals surface area (Å²) in [6, 6.07) is 4.27. The topological polar surface area (TPSA) is 34.1 Å². The largest absolute Gasteiger partial charge is 0.474 e. The molecule has 1 saturated carbocycles. The van der Waals surface area contributed by atoms with Gasteiger partial charge in [0.15, 0.2) is 0 Å². The Morgan fingerprint density at radius 3 is 2.43 bits per heavy atom. The van der Waals surface area contributed by atoms with E-state index in [1.807, 2.05) is 7.05 Å². The van der Waals surface area contributed by atoms with Gasteiger partial charge in [0.1, 0.15) is 6.10 Å². The Morgan fingerprint density at radius 2 is 1.86 bits per heavy atom. The van der Waals surface area contributed by atoms with E-state index in [1.54, 1.807) is 0 Å². The molecule has 0 aromatic carbocycles. The van der Waals surface area contributed by atoms with Gasteiger partial charge >= 0.3 is 0 Å². The minimum Gasteiger partial charge on any atom is -0.474 e. The van der Waals surface area contributed by atoms with E-state index >= 15 is 0 Å². The van der Waals surface area contributed by atoms with Crippen molar-refractivity contribution in [1.29, 1.82) is 0 Å². The van der Waals surface area contributed by atoms with Gasteiger partial charge in [0, 0.05) is 18.3 Å². The van der Waals surface area contributed by atoms with Crippen LogP contribution < -0.4 is 10.1 Å². The first kappa shape index (κ1) is 16.3. The summed E-state index contributed by atoms with van der Waals surface area (Å²) in [4.78, 5) is 4.71. The summed E-state index contributed by atoms with van der Waals surface area (Å²) in [5.41, 5.74) is 2.37. The molecule has 3 heteroatoms. The number of ether oxygens (including phenoxy) is 1. The van der Waals surface area contributed by atoms with E-state index in [2.05, 4.69) is 45.1 Å². The minimum atomic E-state index is 0.320. The predicted octanol–water partition coefficient (Wildman–Crippen LogP) is 4.13. The predicted molar refractivity (Wildman–Crippen MR) is 87.7 cm³/mol. The van der Waals surface area contributed by atoms with Crippen LogP contribution in [0.1, 0.15) is 64.1 Å². The fourth-order valence-corrected chi connectivity index (χ4v) is 3.38. The zero-order valence-corrected chi connectivity index (χ0v) is 14.1. The molecule has 0 aliphatic heterocycles. The molecule has 1 aliphatic rings. The standard InChI is InChI=1S/C18H30N2O/c1-12(2)17-9-15(11-19-5)10-18(20-17)21-16-7-13(3)6-14(4)8-16/h9-10,12-14,16,19H,6-8,11H2,1-5H3. The summed E-state index contributed by atoms with van der Waals surface area (Å²) < 4.78 is 6.24. The molecule has 0 amide bonds. The number of hydrogen-bond acceptors (Lipinski definition) is 3. The van der Waals surface area contributed by atoms with E-state index in [-0.39, 0.29) is 0 Å². The number of pyridine rings is 1. The van der Waals surface area contributed by atoms with Crippen molar-refractivity contribution in [1.82, 2.24) is 10.3 Å². The van der Waals surface area contributed by atoms with Crippen molar-refractivity contribution in [2.75, 3.05) is 7.05 Å². The highest BCUT2D eigenvalue weighted by atomic mass is 16.5. The molecule has 2 atom stereocenters. The number of nitrogens with zero attached hydrogens (tertiary/aromatic N) is 1. The Morgan fingerprint density at radius 1 is 1.19 bits per heavy atom. The first-order chi connectivity index (χ1) is 9.97. The second-order valence-electron chi connectivity index (χ2n) is 7.08. The van der Waals surface area contributed by atoms with E-state index in [4.69, 9.17) is 9.72 Å². The normalized spacial score (nSPS) is 26.1. The Kier molecular flexibility index (Phi) is 5.63. The number of aromatic nitrogens is 1. The minimum absolute atomic E-state index is 0.320. The molecule has 3 nitrogen and oxygen atoms in total. The SMILES string of the molecule is CNCc1cc(OC2CC(C)CC(C)C2)nc(C(C)C)c1. The quantitative estimate of drug-likeness (QED) is 0.885. The summed E-state index contributed by atoms with van der Waals surface area (Å²) in [5.74, 6) is 2.73. The molecule has 21 heavy (non-hydrogen) atoms. The van der Waals surface area contributed by atoms with E-state index in [0.717, 1.165) is 42.8 Å². The van der Waals surface area contributed by atoms with Crippen LogP contribution in [-0.2, 0) is 6.54 Å². The van der Waals surface area contributed by atoms with E-state index in [0.29, 0.717) is 12.0 Å². The molecule has 0 saturated heterocycles. The van der Waals surface area contributed by atoms with Crippen LogP contribution in [0.3, 0.4) is 0 Å². The molecule has 1 aromatic rings. The van der Waals surface area contributed by atoms with Crippen LogP contribution in [0.5, 0.6) is 5.88 Å². The monoisotopic (exact) mass is 290 g/mol. The van der Waals surface area contributed by atoms with Crippen molar-refractivity contribution in [3.8, 4) is 5.88 Å². The summed E-state index contributed by atoms with van der Waals surface area (Å²) in [5, 5.41) is 3.21.